The molecular formula is C22H17N5O4. The van der Waals surface area contributed by atoms with E-state index in [9.17, 15) is 19.6 Å². The van der Waals surface area contributed by atoms with Gasteiger partial charge in [0.05, 0.1) is 28.9 Å². The van der Waals surface area contributed by atoms with Crippen LogP contribution in [-0.4, -0.2) is 64.1 Å². The standard InChI is InChI=1S/C22H17N5O4/c1-2-3-9-31-22(30)25-12-14-10-17(25)19-20(28)27(21(29)26(14)19)16-7-6-13(11-23)18-15(16)5-4-8-24-18/h1,4-8,14,17,19H,3,9-10,12H2. The number of hydrogen-bond acceptors (Lipinski definition) is 6. The number of terminal acetylenes is 1. The lowest BCUT2D eigenvalue weighted by Gasteiger charge is -2.34. The first-order valence-electron chi connectivity index (χ1n) is 9.87. The second kappa shape index (κ2) is 6.99. The van der Waals surface area contributed by atoms with Crippen LogP contribution >= 0.6 is 0 Å². The number of piperazine rings is 1. The van der Waals surface area contributed by atoms with Crippen molar-refractivity contribution in [2.24, 2.45) is 0 Å². The van der Waals surface area contributed by atoms with Gasteiger partial charge in [-0.15, -0.1) is 12.3 Å². The number of rotatable bonds is 3. The van der Waals surface area contributed by atoms with Crippen LogP contribution in [0.5, 0.6) is 0 Å². The van der Waals surface area contributed by atoms with Crippen molar-refractivity contribution in [2.75, 3.05) is 18.1 Å². The molecule has 3 aliphatic heterocycles. The second-order valence-corrected chi connectivity index (χ2v) is 7.63. The molecule has 1 aromatic carbocycles. The van der Waals surface area contributed by atoms with Crippen LogP contribution < -0.4 is 4.90 Å². The number of likely N-dealkylation sites (tertiary alicyclic amines) is 1. The Morgan fingerprint density at radius 2 is 2.16 bits per heavy atom. The number of fused-ring (bicyclic) bond motifs is 6. The van der Waals surface area contributed by atoms with Crippen LogP contribution in [0.2, 0.25) is 0 Å². The van der Waals surface area contributed by atoms with E-state index < -0.39 is 30.1 Å². The van der Waals surface area contributed by atoms with E-state index in [0.717, 1.165) is 4.90 Å². The Hall–Kier alpha value is -4.11. The van der Waals surface area contributed by atoms with Crippen LogP contribution in [0.3, 0.4) is 0 Å². The van der Waals surface area contributed by atoms with Gasteiger partial charge in [0, 0.05) is 24.5 Å². The van der Waals surface area contributed by atoms with Gasteiger partial charge in [0.2, 0.25) is 0 Å². The van der Waals surface area contributed by atoms with Crippen molar-refractivity contribution in [3.8, 4) is 18.4 Å². The van der Waals surface area contributed by atoms with Gasteiger partial charge in [0.15, 0.2) is 0 Å². The summed E-state index contributed by atoms with van der Waals surface area (Å²) in [4.78, 5) is 47.6. The van der Waals surface area contributed by atoms with Crippen LogP contribution in [-0.2, 0) is 9.53 Å². The number of hydrogen-bond donors (Lipinski definition) is 0. The number of urea groups is 1. The lowest BCUT2D eigenvalue weighted by Crippen LogP contribution is -2.55. The molecule has 31 heavy (non-hydrogen) atoms. The number of ether oxygens (including phenoxy) is 1. The summed E-state index contributed by atoms with van der Waals surface area (Å²) in [5.74, 6) is 2.01. The molecule has 4 heterocycles. The molecule has 0 saturated carbocycles. The van der Waals surface area contributed by atoms with E-state index >= 15 is 0 Å². The highest BCUT2D eigenvalue weighted by Crippen LogP contribution is 2.43. The highest BCUT2D eigenvalue weighted by atomic mass is 16.6. The molecule has 3 unspecified atom stereocenters. The quantitative estimate of drug-likeness (QED) is 0.430. The van der Waals surface area contributed by atoms with E-state index in [2.05, 4.69) is 17.0 Å². The summed E-state index contributed by atoms with van der Waals surface area (Å²) in [6.45, 7) is 0.430. The first-order chi connectivity index (χ1) is 15.1. The van der Waals surface area contributed by atoms with Crippen molar-refractivity contribution in [3.05, 3.63) is 36.0 Å². The smallest absolute Gasteiger partial charge is 0.410 e. The van der Waals surface area contributed by atoms with Crippen molar-refractivity contribution < 1.29 is 19.1 Å². The molecular weight excluding hydrogens is 398 g/mol. The summed E-state index contributed by atoms with van der Waals surface area (Å²) < 4.78 is 5.20. The van der Waals surface area contributed by atoms with Crippen LogP contribution in [0.4, 0.5) is 15.3 Å². The van der Waals surface area contributed by atoms with E-state index in [-0.39, 0.29) is 12.6 Å². The number of carbonyl (C=O) groups is 3. The lowest BCUT2D eigenvalue weighted by atomic mass is 10.1. The number of amides is 4. The average molecular weight is 415 g/mol. The zero-order valence-electron chi connectivity index (χ0n) is 16.4. The van der Waals surface area contributed by atoms with Crippen molar-refractivity contribution in [1.82, 2.24) is 14.8 Å². The molecule has 9 nitrogen and oxygen atoms in total. The molecule has 0 radical (unpaired) electrons. The molecule has 154 valence electrons. The van der Waals surface area contributed by atoms with Crippen LogP contribution in [0, 0.1) is 23.7 Å². The Kier molecular flexibility index (Phi) is 4.26. The molecule has 9 heteroatoms. The van der Waals surface area contributed by atoms with Gasteiger partial charge in [0.1, 0.15) is 18.7 Å². The minimum Gasteiger partial charge on any atom is -0.448 e. The van der Waals surface area contributed by atoms with Gasteiger partial charge >= 0.3 is 12.1 Å². The molecule has 1 aromatic heterocycles. The van der Waals surface area contributed by atoms with Gasteiger partial charge in [-0.25, -0.2) is 14.5 Å². The highest BCUT2D eigenvalue weighted by molar-refractivity contribution is 6.25. The van der Waals surface area contributed by atoms with Crippen molar-refractivity contribution in [3.63, 3.8) is 0 Å². The second-order valence-electron chi connectivity index (χ2n) is 7.63. The molecule has 5 rings (SSSR count). The highest BCUT2D eigenvalue weighted by Gasteiger charge is 2.63. The summed E-state index contributed by atoms with van der Waals surface area (Å²) in [6.07, 6.45) is 7.08. The van der Waals surface area contributed by atoms with Crippen LogP contribution in [0.25, 0.3) is 10.9 Å². The first kappa shape index (κ1) is 18.9. The molecule has 3 atom stereocenters. The zero-order valence-corrected chi connectivity index (χ0v) is 16.4. The van der Waals surface area contributed by atoms with Crippen LogP contribution in [0.15, 0.2) is 30.5 Å². The number of pyridine rings is 1. The molecule has 3 fully saturated rings. The molecule has 3 aliphatic rings. The SMILES string of the molecule is C#CCCOC(=O)N1CC2CC1C1C(=O)N(c3ccc(C#N)c4ncccc34)C(=O)N21. The normalized spacial score (nSPS) is 23.8. The number of benzene rings is 1. The molecule has 3 saturated heterocycles. The fourth-order valence-electron chi connectivity index (χ4n) is 4.81. The number of nitriles is 1. The third kappa shape index (κ3) is 2.63. The Balaban J connectivity index is 1.47. The summed E-state index contributed by atoms with van der Waals surface area (Å²) >= 11 is 0. The summed E-state index contributed by atoms with van der Waals surface area (Å²) in [5.41, 5.74) is 1.17. The third-order valence-electron chi connectivity index (χ3n) is 6.08. The summed E-state index contributed by atoms with van der Waals surface area (Å²) in [6, 6.07) is 6.78. The maximum atomic E-state index is 13.4. The molecule has 0 aliphatic carbocycles. The van der Waals surface area contributed by atoms with Gasteiger partial charge < -0.3 is 14.5 Å². The number of aromatic nitrogens is 1. The van der Waals surface area contributed by atoms with Gasteiger partial charge in [-0.05, 0) is 30.7 Å². The molecule has 4 amide bonds. The van der Waals surface area contributed by atoms with E-state index in [1.54, 1.807) is 35.4 Å². The predicted molar refractivity (Wildman–Crippen MR) is 109 cm³/mol. The summed E-state index contributed by atoms with van der Waals surface area (Å²) in [7, 11) is 0. The Bertz CT molecular complexity index is 1210. The lowest BCUT2D eigenvalue weighted by molar-refractivity contribution is -0.121. The topological polar surface area (TPSA) is 107 Å². The summed E-state index contributed by atoms with van der Waals surface area (Å²) in [5, 5.41) is 9.90. The maximum absolute atomic E-state index is 13.4. The maximum Gasteiger partial charge on any atom is 0.410 e. The first-order valence-corrected chi connectivity index (χ1v) is 9.87. The zero-order chi connectivity index (χ0) is 21.7. The Labute approximate surface area is 177 Å². The van der Waals surface area contributed by atoms with Gasteiger partial charge in [-0.1, -0.05) is 0 Å². The van der Waals surface area contributed by atoms with Gasteiger partial charge in [-0.3, -0.25) is 9.78 Å². The van der Waals surface area contributed by atoms with E-state index in [0.29, 0.717) is 41.5 Å². The van der Waals surface area contributed by atoms with Crippen LogP contribution in [0.1, 0.15) is 18.4 Å². The van der Waals surface area contributed by atoms with Gasteiger partial charge in [-0.2, -0.15) is 5.26 Å². The van der Waals surface area contributed by atoms with E-state index in [1.807, 2.05) is 0 Å². The minimum absolute atomic E-state index is 0.112. The van der Waals surface area contributed by atoms with Crippen molar-refractivity contribution >= 4 is 34.6 Å². The number of nitrogens with zero attached hydrogens (tertiary/aromatic N) is 5. The third-order valence-corrected chi connectivity index (χ3v) is 6.08. The number of carbonyl (C=O) groups excluding carboxylic acids is 3. The average Bonchev–Trinajstić information content (AvgIpc) is 3.45. The minimum atomic E-state index is -0.756. The fourth-order valence-corrected chi connectivity index (χ4v) is 4.81. The van der Waals surface area contributed by atoms with Gasteiger partial charge in [0.25, 0.3) is 5.91 Å². The number of anilines is 1. The molecule has 2 aromatic rings. The molecule has 0 spiro atoms. The Morgan fingerprint density at radius 1 is 1.32 bits per heavy atom. The van der Waals surface area contributed by atoms with Crippen molar-refractivity contribution in [1.29, 1.82) is 5.26 Å². The Morgan fingerprint density at radius 3 is 2.94 bits per heavy atom. The van der Waals surface area contributed by atoms with E-state index in [4.69, 9.17) is 11.2 Å². The predicted octanol–water partition coefficient (Wildman–Crippen LogP) is 1.86. The molecule has 2 bridgehead atoms. The molecule has 0 N–H and O–H groups in total. The monoisotopic (exact) mass is 415 g/mol. The fraction of sp³-hybridized carbons (Fsp3) is 0.318. The van der Waals surface area contributed by atoms with E-state index in [1.165, 1.54) is 4.90 Å². The largest absolute Gasteiger partial charge is 0.448 e. The number of imide groups is 1. The van der Waals surface area contributed by atoms with Crippen molar-refractivity contribution in [2.45, 2.75) is 31.0 Å².